The minimum atomic E-state index is -0.0791. The smallest absolute Gasteiger partial charge is 0.247 e. The van der Waals surface area contributed by atoms with E-state index < -0.39 is 0 Å². The molecule has 4 aromatic rings. The molecule has 0 aromatic heterocycles. The van der Waals surface area contributed by atoms with Gasteiger partial charge >= 0.3 is 0 Å². The monoisotopic (exact) mass is 577 g/mol. The van der Waals surface area contributed by atoms with E-state index in [2.05, 4.69) is 148 Å². The van der Waals surface area contributed by atoms with Gasteiger partial charge in [0.2, 0.25) is 6.71 Å². The van der Waals surface area contributed by atoms with E-state index in [0.29, 0.717) is 0 Å². The van der Waals surface area contributed by atoms with Crippen molar-refractivity contribution in [2.45, 2.75) is 116 Å². The van der Waals surface area contributed by atoms with Gasteiger partial charge in [0.15, 0.2) is 0 Å². The molecule has 4 aliphatic rings. The summed E-state index contributed by atoms with van der Waals surface area (Å²) in [6.45, 7) is 27.1. The first-order valence-electron chi connectivity index (χ1n) is 16.8. The molecule has 0 bridgehead atoms. The number of nitrogens with zero attached hydrogens (tertiary/aromatic N) is 1. The van der Waals surface area contributed by atoms with Crippen molar-refractivity contribution in [1.82, 2.24) is 0 Å². The average molecular weight is 578 g/mol. The highest BCUT2D eigenvalue weighted by atomic mass is 15.2. The van der Waals surface area contributed by atoms with Crippen LogP contribution >= 0.6 is 0 Å². The topological polar surface area (TPSA) is 3.24 Å². The summed E-state index contributed by atoms with van der Waals surface area (Å²) in [5.41, 5.74) is 19.4. The zero-order valence-electron chi connectivity index (χ0n) is 28.8. The molecule has 8 rings (SSSR count). The van der Waals surface area contributed by atoms with Crippen LogP contribution in [0.5, 0.6) is 0 Å². The number of rotatable bonds is 1. The Morgan fingerprint density at radius 3 is 1.86 bits per heavy atom. The van der Waals surface area contributed by atoms with Crippen LogP contribution in [-0.2, 0) is 27.1 Å². The predicted molar refractivity (Wildman–Crippen MR) is 190 cm³/mol. The maximum Gasteiger partial charge on any atom is 0.247 e. The largest absolute Gasteiger partial charge is 0.311 e. The predicted octanol–water partition coefficient (Wildman–Crippen LogP) is 8.85. The van der Waals surface area contributed by atoms with Gasteiger partial charge in [-0.3, -0.25) is 0 Å². The molecule has 0 unspecified atom stereocenters. The maximum absolute atomic E-state index is 2.71. The van der Waals surface area contributed by atoms with E-state index in [0.717, 1.165) is 6.42 Å². The quantitative estimate of drug-likeness (QED) is 0.180. The molecule has 1 nitrogen and oxygen atoms in total. The van der Waals surface area contributed by atoms with Crippen molar-refractivity contribution in [1.29, 1.82) is 0 Å². The van der Waals surface area contributed by atoms with Gasteiger partial charge in [-0.1, -0.05) is 123 Å². The summed E-state index contributed by atoms with van der Waals surface area (Å²) in [5, 5.41) is 0. The van der Waals surface area contributed by atoms with Gasteiger partial charge in [0.1, 0.15) is 0 Å². The lowest BCUT2D eigenvalue weighted by atomic mass is 9.30. The molecule has 2 aliphatic carbocycles. The van der Waals surface area contributed by atoms with Crippen LogP contribution in [0.3, 0.4) is 0 Å². The fourth-order valence-corrected chi connectivity index (χ4v) is 10.8. The minimum Gasteiger partial charge on any atom is -0.311 e. The van der Waals surface area contributed by atoms with Crippen molar-refractivity contribution in [2.75, 3.05) is 4.90 Å². The van der Waals surface area contributed by atoms with Gasteiger partial charge in [0.05, 0.1) is 5.69 Å². The Balaban J connectivity index is 1.54. The number of benzene rings is 4. The van der Waals surface area contributed by atoms with Crippen LogP contribution < -0.4 is 21.3 Å². The molecular weight excluding hydrogens is 529 g/mol. The SMILES string of the molecule is Cc1cc2c3c(c1)C(C)(C)c1ccccc1B3c1cc3c(cc1N2c1cccc2c1C(C)(C)CC2(C)C)C(C)(C)CC3(C)C. The van der Waals surface area contributed by atoms with Crippen LogP contribution in [0.1, 0.15) is 121 Å². The molecule has 224 valence electrons. The third-order valence-electron chi connectivity index (χ3n) is 12.1. The van der Waals surface area contributed by atoms with Gasteiger partial charge in [-0.25, -0.2) is 0 Å². The van der Waals surface area contributed by atoms with Gasteiger partial charge < -0.3 is 4.90 Å². The normalized spacial score (nSPS) is 21.7. The third kappa shape index (κ3) is 3.49. The molecule has 0 N–H and O–H groups in total. The molecule has 0 spiro atoms. The molecule has 0 saturated carbocycles. The van der Waals surface area contributed by atoms with Crippen LogP contribution in [0.15, 0.2) is 66.7 Å². The van der Waals surface area contributed by atoms with Crippen molar-refractivity contribution in [3.8, 4) is 0 Å². The zero-order chi connectivity index (χ0) is 31.4. The Kier molecular flexibility index (Phi) is 5.33. The molecular formula is C42H48BN. The summed E-state index contributed by atoms with van der Waals surface area (Å²) in [7, 11) is 0. The molecule has 44 heavy (non-hydrogen) atoms. The van der Waals surface area contributed by atoms with E-state index in [-0.39, 0.29) is 33.8 Å². The summed E-state index contributed by atoms with van der Waals surface area (Å²) in [6.07, 6.45) is 2.33. The average Bonchev–Trinajstić information content (AvgIpc) is 3.24. The molecule has 2 aliphatic heterocycles. The fraction of sp³-hybridized carbons (Fsp3) is 0.429. The van der Waals surface area contributed by atoms with Crippen LogP contribution in [-0.4, -0.2) is 6.71 Å². The lowest BCUT2D eigenvalue weighted by Gasteiger charge is -2.46. The first-order valence-corrected chi connectivity index (χ1v) is 16.8. The Labute approximate surface area is 266 Å². The molecule has 0 fully saturated rings. The highest BCUT2D eigenvalue weighted by molar-refractivity contribution is 6.99. The first-order chi connectivity index (χ1) is 20.5. The summed E-state index contributed by atoms with van der Waals surface area (Å²) >= 11 is 0. The maximum atomic E-state index is 2.71. The number of aryl methyl sites for hydroxylation is 1. The second-order valence-electron chi connectivity index (χ2n) is 17.8. The zero-order valence-corrected chi connectivity index (χ0v) is 28.8. The lowest BCUT2D eigenvalue weighted by Crippen LogP contribution is -2.64. The van der Waals surface area contributed by atoms with E-state index in [1.165, 1.54) is 73.3 Å². The minimum absolute atomic E-state index is 0.0791. The summed E-state index contributed by atoms with van der Waals surface area (Å²) in [6, 6.07) is 26.7. The fourth-order valence-electron chi connectivity index (χ4n) is 10.8. The van der Waals surface area contributed by atoms with Crippen molar-refractivity contribution in [3.05, 3.63) is 106 Å². The highest BCUT2D eigenvalue weighted by Crippen LogP contribution is 2.56. The van der Waals surface area contributed by atoms with Gasteiger partial charge in [-0.2, -0.15) is 0 Å². The van der Waals surface area contributed by atoms with Crippen LogP contribution in [0, 0.1) is 6.92 Å². The number of hydrogen-bond acceptors (Lipinski definition) is 1. The van der Waals surface area contributed by atoms with Crippen LogP contribution in [0.4, 0.5) is 17.1 Å². The molecule has 0 saturated heterocycles. The second kappa shape index (κ2) is 8.31. The van der Waals surface area contributed by atoms with E-state index >= 15 is 0 Å². The summed E-state index contributed by atoms with van der Waals surface area (Å²) in [5.74, 6) is 0. The number of anilines is 3. The number of fused-ring (bicyclic) bond motifs is 6. The molecule has 2 heteroatoms. The Morgan fingerprint density at radius 1 is 0.523 bits per heavy atom. The molecule has 0 atom stereocenters. The van der Waals surface area contributed by atoms with Crippen molar-refractivity contribution in [2.24, 2.45) is 0 Å². The van der Waals surface area contributed by atoms with E-state index in [1.807, 2.05) is 0 Å². The molecule has 2 heterocycles. The summed E-state index contributed by atoms with van der Waals surface area (Å²) in [4.78, 5) is 2.71. The van der Waals surface area contributed by atoms with Crippen LogP contribution in [0.2, 0.25) is 0 Å². The third-order valence-corrected chi connectivity index (χ3v) is 12.1. The molecule has 0 radical (unpaired) electrons. The van der Waals surface area contributed by atoms with Gasteiger partial charge in [0.25, 0.3) is 0 Å². The Hall–Kier alpha value is -3.26. The Bertz CT molecular complexity index is 1920. The van der Waals surface area contributed by atoms with Crippen LogP contribution in [0.25, 0.3) is 0 Å². The standard InChI is InChI=1S/C42H48BN/c1-25-19-30-37-35(20-25)44(33-18-14-16-27-36(33)41(8,9)24-38(27,2)3)34-22-29-28(39(4,5)23-40(29,6)7)21-32(34)43(37)31-17-13-12-15-26(31)42(30,10)11/h12-22H,23-24H2,1-11H3. The molecule has 4 aromatic carbocycles. The van der Waals surface area contributed by atoms with E-state index in [9.17, 15) is 0 Å². The second-order valence-corrected chi connectivity index (χ2v) is 17.8. The summed E-state index contributed by atoms with van der Waals surface area (Å²) < 4.78 is 0. The number of hydrogen-bond donors (Lipinski definition) is 0. The van der Waals surface area contributed by atoms with Crippen molar-refractivity contribution < 1.29 is 0 Å². The van der Waals surface area contributed by atoms with Crippen molar-refractivity contribution in [3.63, 3.8) is 0 Å². The van der Waals surface area contributed by atoms with E-state index in [1.54, 1.807) is 5.56 Å². The Morgan fingerprint density at radius 2 is 1.14 bits per heavy atom. The van der Waals surface area contributed by atoms with Gasteiger partial charge in [0, 0.05) is 16.8 Å². The van der Waals surface area contributed by atoms with Gasteiger partial charge in [-0.05, 0) is 109 Å². The first kappa shape index (κ1) is 28.2. The van der Waals surface area contributed by atoms with Crippen molar-refractivity contribution >= 4 is 40.2 Å². The van der Waals surface area contributed by atoms with E-state index in [4.69, 9.17) is 0 Å². The lowest BCUT2D eigenvalue weighted by molar-refractivity contribution is 0.402. The highest BCUT2D eigenvalue weighted by Gasteiger charge is 2.51. The van der Waals surface area contributed by atoms with Gasteiger partial charge in [-0.15, -0.1) is 0 Å². The molecule has 0 amide bonds.